The van der Waals surface area contributed by atoms with E-state index in [-0.39, 0.29) is 18.9 Å². The Labute approximate surface area is 86.2 Å². The van der Waals surface area contributed by atoms with E-state index in [0.717, 1.165) is 4.90 Å². The number of carbonyl (C=O) groups excluding carboxylic acids is 1. The maximum Gasteiger partial charge on any atom is 0.401 e. The fraction of sp³-hybridized carbons (Fsp3) is 0.889. The van der Waals surface area contributed by atoms with Crippen LogP contribution in [0.2, 0.25) is 0 Å². The smallest absolute Gasteiger partial charge is 0.380 e. The highest BCUT2D eigenvalue weighted by molar-refractivity contribution is 5.82. The molecule has 0 bridgehead atoms. The molecule has 88 valence electrons. The van der Waals surface area contributed by atoms with E-state index in [2.05, 4.69) is 0 Å². The van der Waals surface area contributed by atoms with Crippen molar-refractivity contribution in [2.24, 2.45) is 5.92 Å². The molecule has 15 heavy (non-hydrogen) atoms. The molecule has 1 aliphatic rings. The van der Waals surface area contributed by atoms with Crippen LogP contribution in [0.3, 0.4) is 0 Å². The van der Waals surface area contributed by atoms with Gasteiger partial charge < -0.3 is 4.74 Å². The highest BCUT2D eigenvalue weighted by atomic mass is 19.4. The van der Waals surface area contributed by atoms with Gasteiger partial charge in [-0.2, -0.15) is 13.2 Å². The van der Waals surface area contributed by atoms with Crippen molar-refractivity contribution in [1.29, 1.82) is 0 Å². The SMILES string of the molecule is CN(CC1COCCC1=O)CC(F)(F)F. The van der Waals surface area contributed by atoms with E-state index in [9.17, 15) is 18.0 Å². The van der Waals surface area contributed by atoms with Crippen LogP contribution >= 0.6 is 0 Å². The minimum atomic E-state index is -4.21. The Kier molecular flexibility index (Phi) is 4.10. The van der Waals surface area contributed by atoms with E-state index in [1.165, 1.54) is 7.05 Å². The summed E-state index contributed by atoms with van der Waals surface area (Å²) < 4.78 is 41.1. The molecule has 1 fully saturated rings. The van der Waals surface area contributed by atoms with Crippen molar-refractivity contribution < 1.29 is 22.7 Å². The molecule has 1 aliphatic heterocycles. The molecule has 0 radical (unpaired) electrons. The maximum absolute atomic E-state index is 12.0. The average molecular weight is 225 g/mol. The summed E-state index contributed by atoms with van der Waals surface area (Å²) >= 11 is 0. The summed E-state index contributed by atoms with van der Waals surface area (Å²) in [5, 5.41) is 0. The Bertz CT molecular complexity index is 230. The third-order valence-electron chi connectivity index (χ3n) is 2.25. The number of nitrogens with zero attached hydrogens (tertiary/aromatic N) is 1. The third kappa shape index (κ3) is 4.61. The summed E-state index contributed by atoms with van der Waals surface area (Å²) in [6.07, 6.45) is -3.90. The number of alkyl halides is 3. The van der Waals surface area contributed by atoms with Gasteiger partial charge in [0.15, 0.2) is 0 Å². The Morgan fingerprint density at radius 1 is 1.53 bits per heavy atom. The second kappa shape index (κ2) is 4.94. The molecule has 6 heteroatoms. The quantitative estimate of drug-likeness (QED) is 0.720. The maximum atomic E-state index is 12.0. The number of halogens is 3. The van der Waals surface area contributed by atoms with Gasteiger partial charge in [0.1, 0.15) is 5.78 Å². The largest absolute Gasteiger partial charge is 0.401 e. The van der Waals surface area contributed by atoms with Crippen LogP contribution in [-0.4, -0.2) is 50.2 Å². The summed E-state index contributed by atoms with van der Waals surface area (Å²) in [6.45, 7) is -0.255. The Balaban J connectivity index is 2.36. The highest BCUT2D eigenvalue weighted by Gasteiger charge is 2.31. The molecule has 0 aromatic rings. The van der Waals surface area contributed by atoms with Crippen molar-refractivity contribution >= 4 is 5.78 Å². The van der Waals surface area contributed by atoms with Gasteiger partial charge in [-0.15, -0.1) is 0 Å². The van der Waals surface area contributed by atoms with E-state index in [1.807, 2.05) is 0 Å². The van der Waals surface area contributed by atoms with Gasteiger partial charge in [-0.05, 0) is 7.05 Å². The van der Waals surface area contributed by atoms with Gasteiger partial charge in [0.25, 0.3) is 0 Å². The van der Waals surface area contributed by atoms with Gasteiger partial charge in [-0.25, -0.2) is 0 Å². The monoisotopic (exact) mass is 225 g/mol. The normalized spacial score (nSPS) is 23.5. The molecule has 1 rings (SSSR count). The second-order valence-electron chi connectivity index (χ2n) is 3.80. The van der Waals surface area contributed by atoms with Crippen LogP contribution in [0.5, 0.6) is 0 Å². The molecule has 1 unspecified atom stereocenters. The molecule has 1 heterocycles. The first-order valence-electron chi connectivity index (χ1n) is 4.74. The summed E-state index contributed by atoms with van der Waals surface area (Å²) in [5.41, 5.74) is 0. The molecule has 3 nitrogen and oxygen atoms in total. The van der Waals surface area contributed by atoms with E-state index < -0.39 is 18.6 Å². The van der Waals surface area contributed by atoms with Crippen molar-refractivity contribution in [3.05, 3.63) is 0 Å². The summed E-state index contributed by atoms with van der Waals surface area (Å²) in [6, 6.07) is 0. The Hall–Kier alpha value is -0.620. The summed E-state index contributed by atoms with van der Waals surface area (Å²) in [7, 11) is 1.36. The van der Waals surface area contributed by atoms with E-state index in [1.54, 1.807) is 0 Å². The van der Waals surface area contributed by atoms with E-state index >= 15 is 0 Å². The number of Topliss-reactive ketones (excluding diaryl/α,β-unsaturated/α-hetero) is 1. The van der Waals surface area contributed by atoms with Crippen molar-refractivity contribution in [1.82, 2.24) is 4.90 Å². The zero-order chi connectivity index (χ0) is 11.5. The van der Waals surface area contributed by atoms with Gasteiger partial charge in [0.2, 0.25) is 0 Å². The summed E-state index contributed by atoms with van der Waals surface area (Å²) in [4.78, 5) is 12.4. The van der Waals surface area contributed by atoms with Crippen LogP contribution in [0.4, 0.5) is 13.2 Å². The topological polar surface area (TPSA) is 29.5 Å². The van der Waals surface area contributed by atoms with Crippen LogP contribution in [0.1, 0.15) is 6.42 Å². The second-order valence-corrected chi connectivity index (χ2v) is 3.80. The van der Waals surface area contributed by atoms with Gasteiger partial charge in [-0.1, -0.05) is 0 Å². The lowest BCUT2D eigenvalue weighted by Crippen LogP contribution is -2.40. The minimum absolute atomic E-state index is 0.00438. The Morgan fingerprint density at radius 3 is 2.73 bits per heavy atom. The lowest BCUT2D eigenvalue weighted by Gasteiger charge is -2.26. The number of carbonyl (C=O) groups is 1. The van der Waals surface area contributed by atoms with Crippen molar-refractivity contribution in [2.45, 2.75) is 12.6 Å². The minimum Gasteiger partial charge on any atom is -0.380 e. The number of hydrogen-bond acceptors (Lipinski definition) is 3. The van der Waals surface area contributed by atoms with Gasteiger partial charge >= 0.3 is 6.18 Å². The first-order valence-corrected chi connectivity index (χ1v) is 4.74. The molecular formula is C9H14F3NO2. The predicted molar refractivity (Wildman–Crippen MR) is 47.5 cm³/mol. The van der Waals surface area contributed by atoms with Crippen LogP contribution in [0.25, 0.3) is 0 Å². The lowest BCUT2D eigenvalue weighted by molar-refractivity contribution is -0.148. The molecule has 0 N–H and O–H groups in total. The molecule has 0 saturated carbocycles. The van der Waals surface area contributed by atoms with Crippen molar-refractivity contribution in [3.8, 4) is 0 Å². The number of ketones is 1. The van der Waals surface area contributed by atoms with Gasteiger partial charge in [-0.3, -0.25) is 9.69 Å². The van der Waals surface area contributed by atoms with Crippen LogP contribution in [0.15, 0.2) is 0 Å². The van der Waals surface area contributed by atoms with Crippen LogP contribution < -0.4 is 0 Å². The predicted octanol–water partition coefficient (Wildman–Crippen LogP) is 1.09. The zero-order valence-corrected chi connectivity index (χ0v) is 8.51. The standard InChI is InChI=1S/C9H14F3NO2/c1-13(6-9(10,11)12)4-7-5-15-3-2-8(7)14/h7H,2-6H2,1H3. The third-order valence-corrected chi connectivity index (χ3v) is 2.25. The van der Waals surface area contributed by atoms with Crippen LogP contribution in [-0.2, 0) is 9.53 Å². The van der Waals surface area contributed by atoms with E-state index in [4.69, 9.17) is 4.74 Å². The first kappa shape index (κ1) is 12.4. The Morgan fingerprint density at radius 2 is 2.20 bits per heavy atom. The summed E-state index contributed by atoms with van der Waals surface area (Å²) in [5.74, 6) is -0.415. The fourth-order valence-corrected chi connectivity index (χ4v) is 1.60. The molecule has 0 aromatic carbocycles. The van der Waals surface area contributed by atoms with Crippen LogP contribution in [0, 0.1) is 5.92 Å². The number of ether oxygens (including phenoxy) is 1. The molecule has 0 spiro atoms. The number of hydrogen-bond donors (Lipinski definition) is 0. The number of rotatable bonds is 3. The fourth-order valence-electron chi connectivity index (χ4n) is 1.60. The van der Waals surface area contributed by atoms with Crippen molar-refractivity contribution in [2.75, 3.05) is 33.4 Å². The van der Waals surface area contributed by atoms with Gasteiger partial charge in [0, 0.05) is 13.0 Å². The average Bonchev–Trinajstić information content (AvgIpc) is 2.05. The molecule has 1 atom stereocenters. The molecule has 0 aliphatic carbocycles. The molecule has 0 amide bonds. The highest BCUT2D eigenvalue weighted by Crippen LogP contribution is 2.17. The van der Waals surface area contributed by atoms with E-state index in [0.29, 0.717) is 13.0 Å². The first-order chi connectivity index (χ1) is 6.88. The lowest BCUT2D eigenvalue weighted by atomic mass is 10.0. The van der Waals surface area contributed by atoms with Crippen molar-refractivity contribution in [3.63, 3.8) is 0 Å². The van der Waals surface area contributed by atoms with Gasteiger partial charge in [0.05, 0.1) is 25.7 Å². The molecular weight excluding hydrogens is 211 g/mol. The zero-order valence-electron chi connectivity index (χ0n) is 8.51. The molecule has 0 aromatic heterocycles. The molecule has 1 saturated heterocycles.